The van der Waals surface area contributed by atoms with Gasteiger partial charge in [-0.1, -0.05) is 0 Å². The molecule has 0 aliphatic carbocycles. The molecule has 0 spiro atoms. The molecule has 0 aliphatic rings. The number of benzene rings is 1. The van der Waals surface area contributed by atoms with Crippen LogP contribution in [0.4, 0.5) is 0 Å². The van der Waals surface area contributed by atoms with E-state index in [1.54, 1.807) is 17.7 Å². The fraction of sp³-hybridized carbons (Fsp3) is 0.167. The van der Waals surface area contributed by atoms with E-state index in [1.165, 1.54) is 4.70 Å². The van der Waals surface area contributed by atoms with Crippen LogP contribution in [0.3, 0.4) is 0 Å². The Hall–Kier alpha value is -1.72. The van der Waals surface area contributed by atoms with E-state index < -0.39 is 0 Å². The van der Waals surface area contributed by atoms with Crippen LogP contribution in [-0.2, 0) is 0 Å². The minimum absolute atomic E-state index is 0.0327. The highest BCUT2D eigenvalue weighted by molar-refractivity contribution is 7.16. The monoisotopic (exact) mass is 244 g/mol. The second kappa shape index (κ2) is 3.94. The zero-order valence-electron chi connectivity index (χ0n) is 9.37. The molecule has 0 fully saturated rings. The first-order valence-electron chi connectivity index (χ1n) is 5.37. The average molecular weight is 244 g/mol. The van der Waals surface area contributed by atoms with Gasteiger partial charge in [0.15, 0.2) is 0 Å². The molecule has 2 N–H and O–H groups in total. The fourth-order valence-corrected chi connectivity index (χ4v) is 2.56. The molecule has 1 atom stereocenters. The normalized spacial score (nSPS) is 13.1. The molecule has 0 aliphatic heterocycles. The standard InChI is InChI=1S/C12H12N4S/c1-8(13)11-5-14-6-16(11)9-2-3-10-12(4-9)17-7-15-10/h2-8H,13H2,1H3/t8-/m1/s1. The average Bonchev–Trinajstić information content (AvgIpc) is 2.96. The number of nitrogens with two attached hydrogens (primary N) is 1. The topological polar surface area (TPSA) is 56.7 Å². The Morgan fingerprint density at radius 1 is 1.41 bits per heavy atom. The van der Waals surface area contributed by atoms with Gasteiger partial charge in [0.2, 0.25) is 0 Å². The first-order chi connectivity index (χ1) is 8.25. The Balaban J connectivity index is 2.16. The van der Waals surface area contributed by atoms with E-state index in [0.717, 1.165) is 16.9 Å². The lowest BCUT2D eigenvalue weighted by atomic mass is 10.2. The van der Waals surface area contributed by atoms with Gasteiger partial charge in [0.05, 0.1) is 33.9 Å². The molecule has 2 aromatic heterocycles. The summed E-state index contributed by atoms with van der Waals surface area (Å²) in [5, 5.41) is 0. The molecule has 1 aromatic carbocycles. The molecule has 86 valence electrons. The van der Waals surface area contributed by atoms with Crippen molar-refractivity contribution in [3.63, 3.8) is 0 Å². The number of rotatable bonds is 2. The maximum absolute atomic E-state index is 5.92. The van der Waals surface area contributed by atoms with Crippen LogP contribution in [0.5, 0.6) is 0 Å². The summed E-state index contributed by atoms with van der Waals surface area (Å²) in [7, 11) is 0. The second-order valence-electron chi connectivity index (χ2n) is 3.98. The second-order valence-corrected chi connectivity index (χ2v) is 4.87. The summed E-state index contributed by atoms with van der Waals surface area (Å²) in [6, 6.07) is 6.14. The van der Waals surface area contributed by atoms with Gasteiger partial charge in [-0.3, -0.25) is 0 Å². The van der Waals surface area contributed by atoms with E-state index in [1.807, 2.05) is 35.3 Å². The largest absolute Gasteiger partial charge is 0.323 e. The predicted molar refractivity (Wildman–Crippen MR) is 69.3 cm³/mol. The molecule has 0 unspecified atom stereocenters. The van der Waals surface area contributed by atoms with Gasteiger partial charge in [-0.2, -0.15) is 0 Å². The number of hydrogen-bond acceptors (Lipinski definition) is 4. The van der Waals surface area contributed by atoms with Gasteiger partial charge in [0.25, 0.3) is 0 Å². The lowest BCUT2D eigenvalue weighted by Crippen LogP contribution is -2.10. The van der Waals surface area contributed by atoms with E-state index >= 15 is 0 Å². The van der Waals surface area contributed by atoms with Crippen molar-refractivity contribution in [1.82, 2.24) is 14.5 Å². The SMILES string of the molecule is C[C@@H](N)c1cncn1-c1ccc2ncsc2c1. The number of imidazole rings is 1. The highest BCUT2D eigenvalue weighted by Crippen LogP contribution is 2.23. The number of aromatic nitrogens is 3. The lowest BCUT2D eigenvalue weighted by molar-refractivity contribution is 0.753. The van der Waals surface area contributed by atoms with E-state index in [0.29, 0.717) is 0 Å². The Labute approximate surface area is 103 Å². The highest BCUT2D eigenvalue weighted by atomic mass is 32.1. The molecule has 3 aromatic rings. The van der Waals surface area contributed by atoms with Crippen molar-refractivity contribution < 1.29 is 0 Å². The number of hydrogen-bond donors (Lipinski definition) is 1. The van der Waals surface area contributed by atoms with Crippen molar-refractivity contribution in [2.45, 2.75) is 13.0 Å². The van der Waals surface area contributed by atoms with Crippen molar-refractivity contribution >= 4 is 21.6 Å². The minimum atomic E-state index is -0.0327. The third kappa shape index (κ3) is 1.73. The summed E-state index contributed by atoms with van der Waals surface area (Å²) < 4.78 is 3.19. The maximum atomic E-state index is 5.92. The first kappa shape index (κ1) is 10.4. The number of thiazole rings is 1. The lowest BCUT2D eigenvalue weighted by Gasteiger charge is -2.10. The van der Waals surface area contributed by atoms with Crippen LogP contribution in [0.15, 0.2) is 36.2 Å². The summed E-state index contributed by atoms with van der Waals surface area (Å²) in [5.74, 6) is 0. The molecule has 5 heteroatoms. The summed E-state index contributed by atoms with van der Waals surface area (Å²) in [4.78, 5) is 8.43. The van der Waals surface area contributed by atoms with Crippen LogP contribution >= 0.6 is 11.3 Å². The van der Waals surface area contributed by atoms with E-state index in [2.05, 4.69) is 16.0 Å². The molecular formula is C12H12N4S. The van der Waals surface area contributed by atoms with Crippen molar-refractivity contribution in [2.24, 2.45) is 5.73 Å². The van der Waals surface area contributed by atoms with Crippen LogP contribution in [0, 0.1) is 0 Å². The third-order valence-corrected chi connectivity index (χ3v) is 3.52. The molecule has 4 nitrogen and oxygen atoms in total. The molecule has 2 heterocycles. The first-order valence-corrected chi connectivity index (χ1v) is 6.25. The molecule has 0 radical (unpaired) electrons. The van der Waals surface area contributed by atoms with E-state index in [4.69, 9.17) is 5.73 Å². The van der Waals surface area contributed by atoms with E-state index in [-0.39, 0.29) is 6.04 Å². The molecule has 0 saturated heterocycles. The maximum Gasteiger partial charge on any atom is 0.0994 e. The smallest absolute Gasteiger partial charge is 0.0994 e. The van der Waals surface area contributed by atoms with Gasteiger partial charge in [0, 0.05) is 11.7 Å². The van der Waals surface area contributed by atoms with Crippen LogP contribution in [0.1, 0.15) is 18.7 Å². The Kier molecular flexibility index (Phi) is 2.42. The quantitative estimate of drug-likeness (QED) is 0.753. The molecule has 3 rings (SSSR count). The molecule has 0 amide bonds. The Bertz CT molecular complexity index is 653. The van der Waals surface area contributed by atoms with Crippen molar-refractivity contribution in [2.75, 3.05) is 0 Å². The van der Waals surface area contributed by atoms with Crippen LogP contribution in [0.2, 0.25) is 0 Å². The third-order valence-electron chi connectivity index (χ3n) is 2.73. The predicted octanol–water partition coefficient (Wildman–Crippen LogP) is 2.50. The van der Waals surface area contributed by atoms with Crippen molar-refractivity contribution in [1.29, 1.82) is 0 Å². The van der Waals surface area contributed by atoms with Gasteiger partial charge in [-0.25, -0.2) is 9.97 Å². The summed E-state index contributed by atoms with van der Waals surface area (Å²) >= 11 is 1.64. The fourth-order valence-electron chi connectivity index (χ4n) is 1.85. The molecule has 0 bridgehead atoms. The summed E-state index contributed by atoms with van der Waals surface area (Å²) in [6.45, 7) is 1.96. The molecule has 0 saturated carbocycles. The van der Waals surface area contributed by atoms with E-state index in [9.17, 15) is 0 Å². The van der Waals surface area contributed by atoms with Crippen molar-refractivity contribution in [3.05, 3.63) is 41.9 Å². The Morgan fingerprint density at radius 3 is 3.12 bits per heavy atom. The van der Waals surface area contributed by atoms with Gasteiger partial charge in [-0.05, 0) is 25.1 Å². The van der Waals surface area contributed by atoms with Gasteiger partial charge < -0.3 is 10.3 Å². The van der Waals surface area contributed by atoms with Gasteiger partial charge in [0.1, 0.15) is 0 Å². The van der Waals surface area contributed by atoms with Crippen LogP contribution in [-0.4, -0.2) is 14.5 Å². The molecule has 17 heavy (non-hydrogen) atoms. The Morgan fingerprint density at radius 2 is 2.29 bits per heavy atom. The summed E-state index contributed by atoms with van der Waals surface area (Å²) in [6.07, 6.45) is 3.60. The van der Waals surface area contributed by atoms with Crippen LogP contribution < -0.4 is 5.73 Å². The summed E-state index contributed by atoms with van der Waals surface area (Å²) in [5.41, 5.74) is 10.9. The molecular weight excluding hydrogens is 232 g/mol. The van der Waals surface area contributed by atoms with Crippen LogP contribution in [0.25, 0.3) is 15.9 Å². The zero-order chi connectivity index (χ0) is 11.8. The van der Waals surface area contributed by atoms with Gasteiger partial charge in [-0.15, -0.1) is 11.3 Å². The van der Waals surface area contributed by atoms with Gasteiger partial charge >= 0.3 is 0 Å². The number of fused-ring (bicyclic) bond motifs is 1. The number of nitrogens with zero attached hydrogens (tertiary/aromatic N) is 3. The highest BCUT2D eigenvalue weighted by Gasteiger charge is 2.09. The zero-order valence-corrected chi connectivity index (χ0v) is 10.2. The minimum Gasteiger partial charge on any atom is -0.323 e. The van der Waals surface area contributed by atoms with Crippen molar-refractivity contribution in [3.8, 4) is 5.69 Å².